The highest BCUT2D eigenvalue weighted by Gasteiger charge is 2.24. The van der Waals surface area contributed by atoms with Gasteiger partial charge in [0.25, 0.3) is 5.91 Å². The van der Waals surface area contributed by atoms with Crippen molar-refractivity contribution in [2.24, 2.45) is 0 Å². The number of aromatic amines is 1. The molecule has 2 N–H and O–H groups in total. The monoisotopic (exact) mass is 243 g/mol. The molecule has 94 valence electrons. The molecule has 1 saturated heterocycles. The van der Waals surface area contributed by atoms with E-state index in [1.165, 1.54) is 0 Å². The number of carbonyl (C=O) groups is 1. The minimum Gasteiger partial charge on any atom is -0.351 e. The number of nitrogens with zero attached hydrogens (tertiary/aromatic N) is 1. The SMILES string of the molecule is CC1CNCCN1C(=O)c1cc2ccccc2[nH]1. The summed E-state index contributed by atoms with van der Waals surface area (Å²) in [5.74, 6) is 0.0974. The lowest BCUT2D eigenvalue weighted by molar-refractivity contribution is 0.0650. The van der Waals surface area contributed by atoms with Gasteiger partial charge in [-0.1, -0.05) is 18.2 Å². The first-order valence-electron chi connectivity index (χ1n) is 6.35. The lowest BCUT2D eigenvalue weighted by Gasteiger charge is -2.33. The van der Waals surface area contributed by atoms with E-state index in [-0.39, 0.29) is 11.9 Å². The smallest absolute Gasteiger partial charge is 0.270 e. The van der Waals surface area contributed by atoms with Gasteiger partial charge in [0.05, 0.1) is 0 Å². The number of fused-ring (bicyclic) bond motifs is 1. The fourth-order valence-electron chi connectivity index (χ4n) is 2.49. The van der Waals surface area contributed by atoms with E-state index in [0.29, 0.717) is 5.69 Å². The third kappa shape index (κ3) is 1.88. The Labute approximate surface area is 106 Å². The molecular weight excluding hydrogens is 226 g/mol. The van der Waals surface area contributed by atoms with Crippen molar-refractivity contribution in [3.05, 3.63) is 36.0 Å². The number of aromatic nitrogens is 1. The van der Waals surface area contributed by atoms with Gasteiger partial charge in [-0.3, -0.25) is 4.79 Å². The van der Waals surface area contributed by atoms with Crippen LogP contribution in [0.2, 0.25) is 0 Å². The van der Waals surface area contributed by atoms with Gasteiger partial charge in [0, 0.05) is 36.6 Å². The number of hydrogen-bond donors (Lipinski definition) is 2. The predicted octanol–water partition coefficient (Wildman–Crippen LogP) is 1.60. The molecule has 1 fully saturated rings. The molecule has 1 aliphatic heterocycles. The molecule has 4 nitrogen and oxygen atoms in total. The Morgan fingerprint density at radius 3 is 3.00 bits per heavy atom. The first kappa shape index (κ1) is 11.3. The van der Waals surface area contributed by atoms with Gasteiger partial charge in [-0.2, -0.15) is 0 Å². The molecule has 1 atom stereocenters. The van der Waals surface area contributed by atoms with Crippen LogP contribution in [0.4, 0.5) is 0 Å². The average molecular weight is 243 g/mol. The maximum Gasteiger partial charge on any atom is 0.270 e. The minimum absolute atomic E-state index is 0.0974. The first-order chi connectivity index (χ1) is 8.75. The van der Waals surface area contributed by atoms with Crippen LogP contribution >= 0.6 is 0 Å². The number of amides is 1. The second-order valence-electron chi connectivity index (χ2n) is 4.82. The Hall–Kier alpha value is -1.81. The summed E-state index contributed by atoms with van der Waals surface area (Å²) in [5, 5.41) is 4.38. The molecule has 1 aromatic carbocycles. The van der Waals surface area contributed by atoms with E-state index in [0.717, 1.165) is 30.5 Å². The normalized spacial score (nSPS) is 20.3. The summed E-state index contributed by atoms with van der Waals surface area (Å²) in [7, 11) is 0. The van der Waals surface area contributed by atoms with Gasteiger partial charge < -0.3 is 15.2 Å². The van der Waals surface area contributed by atoms with Gasteiger partial charge in [-0.05, 0) is 19.1 Å². The third-order valence-corrected chi connectivity index (χ3v) is 3.52. The Kier molecular flexibility index (Phi) is 2.80. The molecule has 0 spiro atoms. The zero-order valence-corrected chi connectivity index (χ0v) is 10.4. The lowest BCUT2D eigenvalue weighted by Crippen LogP contribution is -2.52. The largest absolute Gasteiger partial charge is 0.351 e. The van der Waals surface area contributed by atoms with E-state index in [4.69, 9.17) is 0 Å². The molecule has 1 amide bonds. The standard InChI is InChI=1S/C14H17N3O/c1-10-9-15-6-7-17(10)14(18)13-8-11-4-2-3-5-12(11)16-13/h2-5,8,10,15-16H,6-7,9H2,1H3. The summed E-state index contributed by atoms with van der Waals surface area (Å²) in [4.78, 5) is 17.6. The van der Waals surface area contributed by atoms with Gasteiger partial charge in [-0.25, -0.2) is 0 Å². The molecule has 1 aromatic heterocycles. The van der Waals surface area contributed by atoms with Crippen LogP contribution in [0.25, 0.3) is 10.9 Å². The first-order valence-corrected chi connectivity index (χ1v) is 6.35. The van der Waals surface area contributed by atoms with Crippen molar-refractivity contribution in [3.63, 3.8) is 0 Å². The van der Waals surface area contributed by atoms with Gasteiger partial charge in [-0.15, -0.1) is 0 Å². The number of hydrogen-bond acceptors (Lipinski definition) is 2. The molecule has 4 heteroatoms. The molecule has 1 aliphatic rings. The topological polar surface area (TPSA) is 48.1 Å². The fraction of sp³-hybridized carbons (Fsp3) is 0.357. The minimum atomic E-state index is 0.0974. The van der Waals surface area contributed by atoms with E-state index in [1.54, 1.807) is 0 Å². The van der Waals surface area contributed by atoms with Crippen molar-refractivity contribution in [3.8, 4) is 0 Å². The lowest BCUT2D eigenvalue weighted by atomic mass is 10.2. The van der Waals surface area contributed by atoms with Crippen LogP contribution < -0.4 is 5.32 Å². The molecule has 3 rings (SSSR count). The van der Waals surface area contributed by atoms with E-state index in [9.17, 15) is 4.79 Å². The zero-order chi connectivity index (χ0) is 12.5. The van der Waals surface area contributed by atoms with Crippen molar-refractivity contribution in [1.29, 1.82) is 0 Å². The van der Waals surface area contributed by atoms with Crippen LogP contribution in [0.1, 0.15) is 17.4 Å². The van der Waals surface area contributed by atoms with Crippen molar-refractivity contribution in [2.45, 2.75) is 13.0 Å². The molecule has 0 aliphatic carbocycles. The predicted molar refractivity (Wildman–Crippen MR) is 71.7 cm³/mol. The maximum absolute atomic E-state index is 12.4. The molecule has 0 bridgehead atoms. The summed E-state index contributed by atoms with van der Waals surface area (Å²) in [6, 6.07) is 10.2. The summed E-state index contributed by atoms with van der Waals surface area (Å²) in [5.41, 5.74) is 1.70. The van der Waals surface area contributed by atoms with E-state index >= 15 is 0 Å². The van der Waals surface area contributed by atoms with Crippen LogP contribution in [0.3, 0.4) is 0 Å². The van der Waals surface area contributed by atoms with E-state index in [2.05, 4.69) is 17.2 Å². The number of H-pyrrole nitrogens is 1. The van der Waals surface area contributed by atoms with E-state index in [1.807, 2.05) is 35.2 Å². The summed E-state index contributed by atoms with van der Waals surface area (Å²) in [6.07, 6.45) is 0. The highest BCUT2D eigenvalue weighted by Crippen LogP contribution is 2.17. The number of carbonyl (C=O) groups excluding carboxylic acids is 1. The van der Waals surface area contributed by atoms with Gasteiger partial charge in [0.2, 0.25) is 0 Å². The van der Waals surface area contributed by atoms with Crippen molar-refractivity contribution in [1.82, 2.24) is 15.2 Å². The van der Waals surface area contributed by atoms with Gasteiger partial charge >= 0.3 is 0 Å². The van der Waals surface area contributed by atoms with Crippen molar-refractivity contribution in [2.75, 3.05) is 19.6 Å². The second kappa shape index (κ2) is 4.46. The Bertz CT molecular complexity index is 542. The molecular formula is C14H17N3O. The highest BCUT2D eigenvalue weighted by atomic mass is 16.2. The van der Waals surface area contributed by atoms with Gasteiger partial charge in [0.1, 0.15) is 5.69 Å². The Morgan fingerprint density at radius 1 is 1.39 bits per heavy atom. The number of piperazine rings is 1. The van der Waals surface area contributed by atoms with Gasteiger partial charge in [0.15, 0.2) is 0 Å². The van der Waals surface area contributed by atoms with Crippen molar-refractivity contribution < 1.29 is 4.79 Å². The van der Waals surface area contributed by atoms with Crippen molar-refractivity contribution >= 4 is 16.8 Å². The molecule has 0 radical (unpaired) electrons. The molecule has 1 unspecified atom stereocenters. The fourth-order valence-corrected chi connectivity index (χ4v) is 2.49. The number of para-hydroxylation sites is 1. The quantitative estimate of drug-likeness (QED) is 0.799. The van der Waals surface area contributed by atoms with Crippen LogP contribution in [0.5, 0.6) is 0 Å². The Morgan fingerprint density at radius 2 is 2.22 bits per heavy atom. The second-order valence-corrected chi connectivity index (χ2v) is 4.82. The van der Waals surface area contributed by atoms with Crippen LogP contribution in [-0.4, -0.2) is 41.5 Å². The average Bonchev–Trinajstić information content (AvgIpc) is 2.82. The van der Waals surface area contributed by atoms with Crippen LogP contribution in [0, 0.1) is 0 Å². The highest BCUT2D eigenvalue weighted by molar-refractivity contribution is 5.98. The number of rotatable bonds is 1. The number of benzene rings is 1. The van der Waals surface area contributed by atoms with E-state index < -0.39 is 0 Å². The summed E-state index contributed by atoms with van der Waals surface area (Å²) in [6.45, 7) is 4.59. The summed E-state index contributed by atoms with van der Waals surface area (Å²) < 4.78 is 0. The van der Waals surface area contributed by atoms with Crippen LogP contribution in [0.15, 0.2) is 30.3 Å². The number of nitrogens with one attached hydrogen (secondary N) is 2. The summed E-state index contributed by atoms with van der Waals surface area (Å²) >= 11 is 0. The third-order valence-electron chi connectivity index (χ3n) is 3.52. The molecule has 18 heavy (non-hydrogen) atoms. The van der Waals surface area contributed by atoms with Crippen LogP contribution in [-0.2, 0) is 0 Å². The Balaban J connectivity index is 1.91. The zero-order valence-electron chi connectivity index (χ0n) is 10.4. The maximum atomic E-state index is 12.4. The molecule has 0 saturated carbocycles. The molecule has 2 aromatic rings. The molecule has 2 heterocycles.